The van der Waals surface area contributed by atoms with Crippen molar-refractivity contribution >= 4 is 0 Å². The van der Waals surface area contributed by atoms with Crippen LogP contribution in [0.3, 0.4) is 0 Å². The van der Waals surface area contributed by atoms with E-state index in [1.54, 1.807) is 13.2 Å². The molecule has 20 heavy (non-hydrogen) atoms. The van der Waals surface area contributed by atoms with E-state index in [1.807, 2.05) is 33.8 Å². The number of allylic oxidation sites excluding steroid dienone is 1. The predicted octanol–water partition coefficient (Wildman–Crippen LogP) is 2.13. The maximum Gasteiger partial charge on any atom is 0.113 e. The van der Waals surface area contributed by atoms with Gasteiger partial charge in [0, 0.05) is 0 Å². The highest BCUT2D eigenvalue weighted by Crippen LogP contribution is 2.01. The third-order valence-electron chi connectivity index (χ3n) is 2.42. The fraction of sp³-hybridized carbons (Fsp3) is 0.867. The Balaban J connectivity index is 3.59. The molecule has 0 aromatic carbocycles. The average Bonchev–Trinajstić information content (AvgIpc) is 2.40. The Morgan fingerprint density at radius 1 is 0.800 bits per heavy atom. The molecule has 0 saturated heterocycles. The Morgan fingerprint density at radius 3 is 1.70 bits per heavy atom. The van der Waals surface area contributed by atoms with Gasteiger partial charge in [0.1, 0.15) is 6.61 Å². The molecule has 1 N–H and O–H groups in total. The first kappa shape index (κ1) is 19.4. The van der Waals surface area contributed by atoms with Gasteiger partial charge in [-0.1, -0.05) is 6.08 Å². The smallest absolute Gasteiger partial charge is 0.113 e. The van der Waals surface area contributed by atoms with Crippen LogP contribution in [0.4, 0.5) is 0 Å². The molecule has 0 aromatic heterocycles. The lowest BCUT2D eigenvalue weighted by atomic mass is 10.3. The summed E-state index contributed by atoms with van der Waals surface area (Å²) in [6.45, 7) is 11.3. The van der Waals surface area contributed by atoms with E-state index >= 15 is 0 Å². The number of ether oxygens (including phenoxy) is 4. The quantitative estimate of drug-likeness (QED) is 0.558. The van der Waals surface area contributed by atoms with Crippen molar-refractivity contribution in [2.24, 2.45) is 0 Å². The minimum Gasteiger partial charge on any atom is -0.499 e. The zero-order chi connectivity index (χ0) is 15.4. The third kappa shape index (κ3) is 12.4. The summed E-state index contributed by atoms with van der Waals surface area (Å²) in [7, 11) is 0. The molecule has 4 unspecified atom stereocenters. The van der Waals surface area contributed by atoms with Gasteiger partial charge in [-0.05, 0) is 34.6 Å². The molecule has 5 heteroatoms. The molecule has 0 fully saturated rings. The van der Waals surface area contributed by atoms with E-state index < -0.39 is 6.10 Å². The van der Waals surface area contributed by atoms with E-state index in [9.17, 15) is 0 Å². The van der Waals surface area contributed by atoms with Crippen LogP contribution in [-0.2, 0) is 18.9 Å². The summed E-state index contributed by atoms with van der Waals surface area (Å²) in [6, 6.07) is 0. The molecule has 0 radical (unpaired) electrons. The summed E-state index contributed by atoms with van der Waals surface area (Å²) in [6.07, 6.45) is 3.03. The van der Waals surface area contributed by atoms with Crippen molar-refractivity contribution in [1.82, 2.24) is 0 Å². The normalized spacial score (nSPS) is 17.9. The first-order valence-electron chi connectivity index (χ1n) is 7.21. The SMILES string of the molecule is CC=COCC(C)OCC(C)OCC(C)OCC(C)O. The number of aliphatic hydroxyl groups is 1. The van der Waals surface area contributed by atoms with Gasteiger partial charge in [-0.25, -0.2) is 0 Å². The van der Waals surface area contributed by atoms with E-state index in [0.29, 0.717) is 26.4 Å². The topological polar surface area (TPSA) is 57.2 Å². The molecule has 0 aliphatic heterocycles. The molecule has 0 spiro atoms. The van der Waals surface area contributed by atoms with E-state index in [4.69, 9.17) is 24.1 Å². The summed E-state index contributed by atoms with van der Waals surface area (Å²) in [4.78, 5) is 0. The first-order valence-corrected chi connectivity index (χ1v) is 7.21. The van der Waals surface area contributed by atoms with Gasteiger partial charge in [0.2, 0.25) is 0 Å². The summed E-state index contributed by atoms with van der Waals surface area (Å²) in [5, 5.41) is 9.11. The van der Waals surface area contributed by atoms with Gasteiger partial charge in [0.25, 0.3) is 0 Å². The fourth-order valence-corrected chi connectivity index (χ4v) is 1.33. The highest BCUT2D eigenvalue weighted by atomic mass is 16.6. The summed E-state index contributed by atoms with van der Waals surface area (Å²) >= 11 is 0. The maximum atomic E-state index is 9.11. The minimum absolute atomic E-state index is 0.00299. The largest absolute Gasteiger partial charge is 0.499 e. The van der Waals surface area contributed by atoms with Crippen molar-refractivity contribution in [3.8, 4) is 0 Å². The molecule has 0 heterocycles. The van der Waals surface area contributed by atoms with Crippen LogP contribution in [0.5, 0.6) is 0 Å². The predicted molar refractivity (Wildman–Crippen MR) is 78.7 cm³/mol. The van der Waals surface area contributed by atoms with Crippen LogP contribution in [0, 0.1) is 0 Å². The van der Waals surface area contributed by atoms with Gasteiger partial charge in [0.15, 0.2) is 0 Å². The molecular formula is C15H30O5. The Bertz CT molecular complexity index is 242. The monoisotopic (exact) mass is 290 g/mol. The highest BCUT2D eigenvalue weighted by Gasteiger charge is 2.10. The van der Waals surface area contributed by atoms with Crippen LogP contribution in [-0.4, -0.2) is 55.9 Å². The summed E-state index contributed by atoms with van der Waals surface area (Å²) < 4.78 is 21.9. The minimum atomic E-state index is -0.448. The van der Waals surface area contributed by atoms with Crippen LogP contribution < -0.4 is 0 Å². The zero-order valence-corrected chi connectivity index (χ0v) is 13.4. The molecule has 0 aliphatic carbocycles. The molecule has 0 amide bonds. The van der Waals surface area contributed by atoms with Crippen molar-refractivity contribution in [1.29, 1.82) is 0 Å². The van der Waals surface area contributed by atoms with E-state index in [1.165, 1.54) is 0 Å². The first-order chi connectivity index (χ1) is 9.45. The van der Waals surface area contributed by atoms with Crippen molar-refractivity contribution in [2.75, 3.05) is 26.4 Å². The Morgan fingerprint density at radius 2 is 1.25 bits per heavy atom. The third-order valence-corrected chi connectivity index (χ3v) is 2.42. The van der Waals surface area contributed by atoms with Crippen molar-refractivity contribution in [2.45, 2.75) is 59.0 Å². The number of hydrogen-bond donors (Lipinski definition) is 1. The lowest BCUT2D eigenvalue weighted by molar-refractivity contribution is -0.0830. The van der Waals surface area contributed by atoms with Gasteiger partial charge in [-0.2, -0.15) is 0 Å². The van der Waals surface area contributed by atoms with Crippen LogP contribution >= 0.6 is 0 Å². The second kappa shape index (κ2) is 12.1. The molecule has 0 aliphatic rings. The number of rotatable bonds is 12. The second-order valence-electron chi connectivity index (χ2n) is 5.08. The Labute approximate surface area is 122 Å². The Kier molecular flexibility index (Phi) is 11.8. The van der Waals surface area contributed by atoms with Crippen LogP contribution in [0.25, 0.3) is 0 Å². The number of aliphatic hydroxyl groups excluding tert-OH is 1. The molecular weight excluding hydrogens is 260 g/mol. The lowest BCUT2D eigenvalue weighted by Crippen LogP contribution is -2.27. The van der Waals surface area contributed by atoms with Crippen LogP contribution in [0.15, 0.2) is 12.3 Å². The Hall–Kier alpha value is -0.620. The zero-order valence-electron chi connectivity index (χ0n) is 13.4. The standard InChI is InChI=1S/C15H30O5/c1-6-7-17-9-13(3)19-11-15(5)20-10-14(4)18-8-12(2)16/h6-7,12-16H,8-11H2,1-5H3. The van der Waals surface area contributed by atoms with Crippen molar-refractivity contribution < 1.29 is 24.1 Å². The second-order valence-corrected chi connectivity index (χ2v) is 5.08. The summed E-state index contributed by atoms with van der Waals surface area (Å²) in [5.74, 6) is 0. The molecule has 120 valence electrons. The average molecular weight is 290 g/mol. The van der Waals surface area contributed by atoms with Crippen molar-refractivity contribution in [3.05, 3.63) is 12.3 Å². The number of hydrogen-bond acceptors (Lipinski definition) is 5. The molecule has 4 atom stereocenters. The van der Waals surface area contributed by atoms with E-state index in [0.717, 1.165) is 0 Å². The highest BCUT2D eigenvalue weighted by molar-refractivity contribution is 4.66. The fourth-order valence-electron chi connectivity index (χ4n) is 1.33. The molecule has 0 aromatic rings. The van der Waals surface area contributed by atoms with Gasteiger partial charge in [-0.15, -0.1) is 0 Å². The molecule has 0 bridgehead atoms. The van der Waals surface area contributed by atoms with E-state index in [-0.39, 0.29) is 18.3 Å². The van der Waals surface area contributed by atoms with Crippen LogP contribution in [0.2, 0.25) is 0 Å². The van der Waals surface area contributed by atoms with Gasteiger partial charge in [0.05, 0.1) is 50.5 Å². The maximum absolute atomic E-state index is 9.11. The molecule has 0 saturated carbocycles. The lowest BCUT2D eigenvalue weighted by Gasteiger charge is -2.20. The van der Waals surface area contributed by atoms with E-state index in [2.05, 4.69) is 0 Å². The van der Waals surface area contributed by atoms with Gasteiger partial charge < -0.3 is 24.1 Å². The molecule has 0 rings (SSSR count). The van der Waals surface area contributed by atoms with Crippen molar-refractivity contribution in [3.63, 3.8) is 0 Å². The van der Waals surface area contributed by atoms with Gasteiger partial charge >= 0.3 is 0 Å². The summed E-state index contributed by atoms with van der Waals surface area (Å²) in [5.41, 5.74) is 0. The van der Waals surface area contributed by atoms with Gasteiger partial charge in [-0.3, -0.25) is 0 Å². The van der Waals surface area contributed by atoms with Crippen LogP contribution in [0.1, 0.15) is 34.6 Å². The molecule has 5 nitrogen and oxygen atoms in total.